The van der Waals surface area contributed by atoms with Gasteiger partial charge in [0.1, 0.15) is 0 Å². The molecule has 1 aromatic carbocycles. The van der Waals surface area contributed by atoms with E-state index in [2.05, 4.69) is 22.0 Å². The number of methoxy groups -OCH3 is 1. The van der Waals surface area contributed by atoms with Crippen LogP contribution < -0.4 is 15.2 Å². The summed E-state index contributed by atoms with van der Waals surface area (Å²) in [4.78, 5) is 0. The van der Waals surface area contributed by atoms with Crippen molar-refractivity contribution in [1.82, 2.24) is 0 Å². The van der Waals surface area contributed by atoms with Gasteiger partial charge in [0.15, 0.2) is 11.5 Å². The van der Waals surface area contributed by atoms with Gasteiger partial charge in [0.2, 0.25) is 0 Å². The first-order valence-corrected chi connectivity index (χ1v) is 7.25. The summed E-state index contributed by atoms with van der Waals surface area (Å²) in [6.45, 7) is 0. The van der Waals surface area contributed by atoms with Crippen LogP contribution >= 0.6 is 15.9 Å². The van der Waals surface area contributed by atoms with Crippen LogP contribution in [-0.4, -0.2) is 13.2 Å². The summed E-state index contributed by atoms with van der Waals surface area (Å²) in [5.41, 5.74) is 7.31. The minimum Gasteiger partial charge on any atom is -0.493 e. The molecular weight excluding hydrogens is 294 g/mol. The van der Waals surface area contributed by atoms with E-state index in [1.807, 2.05) is 6.07 Å². The number of nitrogens with two attached hydrogens (primary N) is 1. The van der Waals surface area contributed by atoms with E-state index < -0.39 is 0 Å². The lowest BCUT2D eigenvalue weighted by molar-refractivity contribution is 0.225. The minimum absolute atomic E-state index is 0.235. The summed E-state index contributed by atoms with van der Waals surface area (Å²) >= 11 is 3.52. The van der Waals surface area contributed by atoms with Gasteiger partial charge < -0.3 is 15.2 Å². The molecule has 2 fully saturated rings. The molecule has 0 bridgehead atoms. The van der Waals surface area contributed by atoms with E-state index in [0.717, 1.165) is 47.2 Å². The van der Waals surface area contributed by atoms with E-state index in [1.165, 1.54) is 6.42 Å². The SMILES string of the molecule is COc1cc(Br)cc(C2(N)CCC2)c1OC1CC1. The van der Waals surface area contributed by atoms with Crippen LogP contribution in [0.1, 0.15) is 37.7 Å². The highest BCUT2D eigenvalue weighted by molar-refractivity contribution is 9.10. The molecule has 2 N–H and O–H groups in total. The second kappa shape index (κ2) is 4.42. The third-order valence-corrected chi connectivity index (χ3v) is 4.29. The van der Waals surface area contributed by atoms with E-state index in [9.17, 15) is 0 Å². The van der Waals surface area contributed by atoms with Gasteiger partial charge >= 0.3 is 0 Å². The van der Waals surface area contributed by atoms with Crippen molar-refractivity contribution in [3.63, 3.8) is 0 Å². The van der Waals surface area contributed by atoms with Crippen molar-refractivity contribution in [2.24, 2.45) is 5.73 Å². The Kier molecular flexibility index (Phi) is 3.02. The number of ether oxygens (including phenoxy) is 2. The van der Waals surface area contributed by atoms with Crippen molar-refractivity contribution in [1.29, 1.82) is 0 Å². The molecule has 0 unspecified atom stereocenters. The Bertz CT molecular complexity index is 467. The smallest absolute Gasteiger partial charge is 0.166 e. The van der Waals surface area contributed by atoms with Gasteiger partial charge in [-0.05, 0) is 44.2 Å². The van der Waals surface area contributed by atoms with Gasteiger partial charge in [0.05, 0.1) is 13.2 Å². The van der Waals surface area contributed by atoms with E-state index in [-0.39, 0.29) is 5.54 Å². The number of hydrogen-bond acceptors (Lipinski definition) is 3. The molecule has 98 valence electrons. The summed E-state index contributed by atoms with van der Waals surface area (Å²) in [5, 5.41) is 0. The molecule has 4 heteroatoms. The number of benzene rings is 1. The van der Waals surface area contributed by atoms with Gasteiger partial charge in [-0.25, -0.2) is 0 Å². The summed E-state index contributed by atoms with van der Waals surface area (Å²) in [6, 6.07) is 4.03. The quantitative estimate of drug-likeness (QED) is 0.927. The Labute approximate surface area is 116 Å². The molecule has 0 radical (unpaired) electrons. The molecule has 0 aliphatic heterocycles. The van der Waals surface area contributed by atoms with Crippen LogP contribution in [0.3, 0.4) is 0 Å². The fourth-order valence-electron chi connectivity index (χ4n) is 2.39. The van der Waals surface area contributed by atoms with Gasteiger partial charge in [0.25, 0.3) is 0 Å². The summed E-state index contributed by atoms with van der Waals surface area (Å²) in [6.07, 6.45) is 5.85. The van der Waals surface area contributed by atoms with Gasteiger partial charge in [-0.1, -0.05) is 15.9 Å². The highest BCUT2D eigenvalue weighted by atomic mass is 79.9. The minimum atomic E-state index is -0.235. The third-order valence-electron chi connectivity index (χ3n) is 3.83. The Morgan fingerprint density at radius 1 is 1.33 bits per heavy atom. The van der Waals surface area contributed by atoms with Crippen molar-refractivity contribution in [2.75, 3.05) is 7.11 Å². The molecule has 0 aromatic heterocycles. The first kappa shape index (κ1) is 12.3. The molecule has 0 amide bonds. The molecule has 3 rings (SSSR count). The lowest BCUT2D eigenvalue weighted by Gasteiger charge is -2.39. The normalized spacial score (nSPS) is 21.3. The molecule has 2 aliphatic rings. The van der Waals surface area contributed by atoms with Crippen LogP contribution in [0.25, 0.3) is 0 Å². The molecule has 0 spiro atoms. The predicted molar refractivity (Wildman–Crippen MR) is 74.1 cm³/mol. The molecular formula is C14H18BrNO2. The zero-order chi connectivity index (χ0) is 12.8. The van der Waals surface area contributed by atoms with Gasteiger partial charge in [-0.3, -0.25) is 0 Å². The molecule has 18 heavy (non-hydrogen) atoms. The maximum atomic E-state index is 6.46. The van der Waals surface area contributed by atoms with Crippen molar-refractivity contribution >= 4 is 15.9 Å². The first-order chi connectivity index (χ1) is 8.62. The van der Waals surface area contributed by atoms with Crippen molar-refractivity contribution in [3.05, 3.63) is 22.2 Å². The Morgan fingerprint density at radius 3 is 2.56 bits per heavy atom. The number of halogens is 1. The largest absolute Gasteiger partial charge is 0.493 e. The van der Waals surface area contributed by atoms with Crippen molar-refractivity contribution in [3.8, 4) is 11.5 Å². The zero-order valence-corrected chi connectivity index (χ0v) is 12.1. The van der Waals surface area contributed by atoms with Crippen LogP contribution in [0.15, 0.2) is 16.6 Å². The van der Waals surface area contributed by atoms with Gasteiger partial charge in [-0.15, -0.1) is 0 Å². The molecule has 0 saturated heterocycles. The second-order valence-corrected chi connectivity index (χ2v) is 6.23. The molecule has 2 aliphatic carbocycles. The summed E-state index contributed by atoms with van der Waals surface area (Å²) in [7, 11) is 1.68. The fourth-order valence-corrected chi connectivity index (χ4v) is 2.83. The average Bonchev–Trinajstić information content (AvgIpc) is 3.11. The lowest BCUT2D eigenvalue weighted by atomic mass is 9.72. The Morgan fingerprint density at radius 2 is 2.06 bits per heavy atom. The average molecular weight is 312 g/mol. The number of hydrogen-bond donors (Lipinski definition) is 1. The summed E-state index contributed by atoms with van der Waals surface area (Å²) in [5.74, 6) is 1.63. The van der Waals surface area contributed by atoms with Gasteiger partial charge in [0, 0.05) is 15.6 Å². The van der Waals surface area contributed by atoms with Gasteiger partial charge in [-0.2, -0.15) is 0 Å². The molecule has 1 aromatic rings. The van der Waals surface area contributed by atoms with Crippen LogP contribution in [0.2, 0.25) is 0 Å². The first-order valence-electron chi connectivity index (χ1n) is 6.46. The molecule has 2 saturated carbocycles. The monoisotopic (exact) mass is 311 g/mol. The van der Waals surface area contributed by atoms with Crippen molar-refractivity contribution < 1.29 is 9.47 Å². The second-order valence-electron chi connectivity index (χ2n) is 5.31. The Hall–Kier alpha value is -0.740. The van der Waals surface area contributed by atoms with E-state index in [1.54, 1.807) is 7.11 Å². The van der Waals surface area contributed by atoms with E-state index in [4.69, 9.17) is 15.2 Å². The van der Waals surface area contributed by atoms with Crippen LogP contribution in [0.5, 0.6) is 11.5 Å². The predicted octanol–water partition coefficient (Wildman–Crippen LogP) is 3.34. The lowest BCUT2D eigenvalue weighted by Crippen LogP contribution is -2.43. The van der Waals surface area contributed by atoms with E-state index in [0.29, 0.717) is 6.10 Å². The van der Waals surface area contributed by atoms with E-state index >= 15 is 0 Å². The van der Waals surface area contributed by atoms with Crippen LogP contribution in [-0.2, 0) is 5.54 Å². The maximum absolute atomic E-state index is 6.46. The fraction of sp³-hybridized carbons (Fsp3) is 0.571. The van der Waals surface area contributed by atoms with Crippen LogP contribution in [0, 0.1) is 0 Å². The highest BCUT2D eigenvalue weighted by Gasteiger charge is 2.39. The molecule has 3 nitrogen and oxygen atoms in total. The van der Waals surface area contributed by atoms with Crippen LogP contribution in [0.4, 0.5) is 0 Å². The molecule has 0 heterocycles. The Balaban J connectivity index is 2.05. The zero-order valence-electron chi connectivity index (χ0n) is 10.5. The molecule has 0 atom stereocenters. The standard InChI is InChI=1S/C14H18BrNO2/c1-17-12-8-9(15)7-11(14(16)5-2-6-14)13(12)18-10-3-4-10/h7-8,10H,2-6,16H2,1H3. The third kappa shape index (κ3) is 2.12. The maximum Gasteiger partial charge on any atom is 0.166 e. The highest BCUT2D eigenvalue weighted by Crippen LogP contribution is 2.48. The summed E-state index contributed by atoms with van der Waals surface area (Å²) < 4.78 is 12.5. The topological polar surface area (TPSA) is 44.5 Å². The van der Waals surface area contributed by atoms with Crippen molar-refractivity contribution in [2.45, 2.75) is 43.7 Å². The number of rotatable bonds is 4.